The molecule has 0 unspecified atom stereocenters. The number of benzene rings is 2. The van der Waals surface area contributed by atoms with Crippen molar-refractivity contribution in [2.24, 2.45) is 0 Å². The number of hydrogen-bond donors (Lipinski definition) is 3. The molecule has 0 atom stereocenters. The molecule has 4 aromatic rings. The molecular formula is C21H20N6S. The minimum absolute atomic E-state index is 0.651. The molecule has 0 radical (unpaired) electrons. The summed E-state index contributed by atoms with van der Waals surface area (Å²) in [6, 6.07) is 19.8. The molecule has 0 aliphatic carbocycles. The van der Waals surface area contributed by atoms with Crippen molar-refractivity contribution >= 4 is 29.1 Å². The number of H-pyrrole nitrogens is 1. The molecule has 0 amide bonds. The SMILES string of the molecule is Cc1cccc(-c2cc(Nc3cc(C)[nH]n3)nc(Sc3ccc(N)cc3)n2)c1. The molecule has 2 heterocycles. The van der Waals surface area contributed by atoms with Gasteiger partial charge in [0.1, 0.15) is 5.82 Å². The van der Waals surface area contributed by atoms with E-state index in [1.165, 1.54) is 17.3 Å². The van der Waals surface area contributed by atoms with Crippen LogP contribution in [0.3, 0.4) is 0 Å². The van der Waals surface area contributed by atoms with Crippen LogP contribution in [-0.4, -0.2) is 20.2 Å². The fraction of sp³-hybridized carbons (Fsp3) is 0.0952. The number of hydrogen-bond acceptors (Lipinski definition) is 6. The van der Waals surface area contributed by atoms with Crippen molar-refractivity contribution in [3.8, 4) is 11.3 Å². The molecule has 2 aromatic carbocycles. The normalized spacial score (nSPS) is 10.8. The number of nitrogens with two attached hydrogens (primary N) is 1. The van der Waals surface area contributed by atoms with E-state index in [0.717, 1.165) is 33.4 Å². The van der Waals surface area contributed by atoms with Gasteiger partial charge in [-0.3, -0.25) is 5.10 Å². The Hall–Kier alpha value is -3.32. The van der Waals surface area contributed by atoms with Crippen molar-refractivity contribution in [2.75, 3.05) is 11.1 Å². The number of nitrogens with zero attached hydrogens (tertiary/aromatic N) is 3. The second-order valence-corrected chi connectivity index (χ2v) is 7.56. The van der Waals surface area contributed by atoms with Crippen LogP contribution in [-0.2, 0) is 0 Å². The third-order valence-electron chi connectivity index (χ3n) is 4.07. The molecule has 6 nitrogen and oxygen atoms in total. The summed E-state index contributed by atoms with van der Waals surface area (Å²) in [5, 5.41) is 11.1. The highest BCUT2D eigenvalue weighted by atomic mass is 32.2. The van der Waals surface area contributed by atoms with E-state index < -0.39 is 0 Å². The van der Waals surface area contributed by atoms with Gasteiger partial charge in [0.15, 0.2) is 11.0 Å². The van der Waals surface area contributed by atoms with Crippen molar-refractivity contribution in [1.82, 2.24) is 20.2 Å². The van der Waals surface area contributed by atoms with Crippen LogP contribution in [0.4, 0.5) is 17.3 Å². The van der Waals surface area contributed by atoms with Crippen molar-refractivity contribution in [3.63, 3.8) is 0 Å². The van der Waals surface area contributed by atoms with Crippen LogP contribution in [0.15, 0.2) is 70.7 Å². The molecule has 28 heavy (non-hydrogen) atoms. The Balaban J connectivity index is 1.72. The zero-order valence-electron chi connectivity index (χ0n) is 15.6. The van der Waals surface area contributed by atoms with E-state index in [0.29, 0.717) is 11.0 Å². The Morgan fingerprint density at radius 1 is 0.929 bits per heavy atom. The van der Waals surface area contributed by atoms with E-state index in [4.69, 9.17) is 10.7 Å². The molecule has 140 valence electrons. The molecule has 0 saturated heterocycles. The van der Waals surface area contributed by atoms with Crippen molar-refractivity contribution in [2.45, 2.75) is 23.9 Å². The summed E-state index contributed by atoms with van der Waals surface area (Å²) in [6.07, 6.45) is 0. The molecule has 0 fully saturated rings. The minimum atomic E-state index is 0.651. The predicted octanol–water partition coefficient (Wildman–Crippen LogP) is 4.96. The number of aromatic amines is 1. The number of anilines is 3. The number of nitrogens with one attached hydrogen (secondary N) is 2. The molecular weight excluding hydrogens is 368 g/mol. The van der Waals surface area contributed by atoms with Crippen LogP contribution in [0.25, 0.3) is 11.3 Å². The third kappa shape index (κ3) is 4.32. The van der Waals surface area contributed by atoms with Gasteiger partial charge in [0, 0.05) is 34.0 Å². The predicted molar refractivity (Wildman–Crippen MR) is 114 cm³/mol. The van der Waals surface area contributed by atoms with E-state index in [1.807, 2.05) is 49.4 Å². The lowest BCUT2D eigenvalue weighted by atomic mass is 10.1. The highest BCUT2D eigenvalue weighted by Gasteiger charge is 2.10. The molecule has 0 aliphatic rings. The van der Waals surface area contributed by atoms with Crippen LogP contribution in [0, 0.1) is 13.8 Å². The second-order valence-electron chi connectivity index (χ2n) is 6.52. The number of aryl methyl sites for hydroxylation is 2. The summed E-state index contributed by atoms with van der Waals surface area (Å²) in [4.78, 5) is 10.4. The van der Waals surface area contributed by atoms with Gasteiger partial charge in [-0.25, -0.2) is 9.97 Å². The average Bonchev–Trinajstić information content (AvgIpc) is 3.08. The fourth-order valence-corrected chi connectivity index (χ4v) is 3.51. The molecule has 0 bridgehead atoms. The van der Waals surface area contributed by atoms with Crippen LogP contribution in [0.2, 0.25) is 0 Å². The third-order valence-corrected chi connectivity index (χ3v) is 4.94. The summed E-state index contributed by atoms with van der Waals surface area (Å²) in [5.74, 6) is 1.41. The van der Waals surface area contributed by atoms with Gasteiger partial charge in [-0.15, -0.1) is 0 Å². The van der Waals surface area contributed by atoms with Gasteiger partial charge >= 0.3 is 0 Å². The maximum absolute atomic E-state index is 5.79. The lowest BCUT2D eigenvalue weighted by molar-refractivity contribution is 0.973. The van der Waals surface area contributed by atoms with E-state index in [1.54, 1.807) is 0 Å². The summed E-state index contributed by atoms with van der Waals surface area (Å²) in [5.41, 5.74) is 10.6. The van der Waals surface area contributed by atoms with Gasteiger partial charge < -0.3 is 11.1 Å². The maximum atomic E-state index is 5.79. The van der Waals surface area contributed by atoms with E-state index in [2.05, 4.69) is 45.6 Å². The first kappa shape index (κ1) is 18.1. The standard InChI is InChI=1S/C21H20N6S/c1-13-4-3-5-15(10-13)18-12-19(24-20-11-14(2)26-27-20)25-21(23-18)28-17-8-6-16(22)7-9-17/h3-12H,22H2,1-2H3,(H2,23,24,25,26,27). The Kier molecular flexibility index (Phi) is 4.99. The monoisotopic (exact) mass is 388 g/mol. The Bertz CT molecular complexity index is 1100. The molecule has 0 saturated carbocycles. The Morgan fingerprint density at radius 2 is 1.75 bits per heavy atom. The lowest BCUT2D eigenvalue weighted by Crippen LogP contribution is -1.99. The highest BCUT2D eigenvalue weighted by Crippen LogP contribution is 2.30. The maximum Gasteiger partial charge on any atom is 0.194 e. The second kappa shape index (κ2) is 7.74. The fourth-order valence-electron chi connectivity index (χ4n) is 2.74. The van der Waals surface area contributed by atoms with Crippen LogP contribution in [0.5, 0.6) is 0 Å². The first-order chi connectivity index (χ1) is 13.5. The van der Waals surface area contributed by atoms with Gasteiger partial charge in [-0.1, -0.05) is 23.8 Å². The zero-order valence-corrected chi connectivity index (χ0v) is 16.4. The topological polar surface area (TPSA) is 92.5 Å². The average molecular weight is 389 g/mol. The van der Waals surface area contributed by atoms with Crippen molar-refractivity contribution in [3.05, 3.63) is 71.9 Å². The molecule has 0 aliphatic heterocycles. The lowest BCUT2D eigenvalue weighted by Gasteiger charge is -2.09. The van der Waals surface area contributed by atoms with Gasteiger partial charge in [-0.2, -0.15) is 5.10 Å². The molecule has 4 N–H and O–H groups in total. The first-order valence-electron chi connectivity index (χ1n) is 8.84. The van der Waals surface area contributed by atoms with E-state index >= 15 is 0 Å². The van der Waals surface area contributed by atoms with Crippen molar-refractivity contribution in [1.29, 1.82) is 0 Å². The quantitative estimate of drug-likeness (QED) is 0.330. The molecule has 0 spiro atoms. The molecule has 7 heteroatoms. The van der Waals surface area contributed by atoms with Gasteiger partial charge in [0.25, 0.3) is 0 Å². The smallest absolute Gasteiger partial charge is 0.194 e. The minimum Gasteiger partial charge on any atom is -0.399 e. The van der Waals surface area contributed by atoms with Crippen LogP contribution >= 0.6 is 11.8 Å². The van der Waals surface area contributed by atoms with Gasteiger partial charge in [0.2, 0.25) is 0 Å². The molecule has 4 rings (SSSR count). The Labute approximate surface area is 167 Å². The van der Waals surface area contributed by atoms with E-state index in [-0.39, 0.29) is 0 Å². The molecule has 2 aromatic heterocycles. The summed E-state index contributed by atoms with van der Waals surface area (Å²) in [6.45, 7) is 4.03. The zero-order chi connectivity index (χ0) is 19.5. The largest absolute Gasteiger partial charge is 0.399 e. The number of nitrogen functional groups attached to an aromatic ring is 1. The van der Waals surface area contributed by atoms with Gasteiger partial charge in [0.05, 0.1) is 5.69 Å². The van der Waals surface area contributed by atoms with Crippen molar-refractivity contribution < 1.29 is 0 Å². The van der Waals surface area contributed by atoms with Gasteiger partial charge in [-0.05, 0) is 55.9 Å². The Morgan fingerprint density at radius 3 is 2.46 bits per heavy atom. The van der Waals surface area contributed by atoms with Crippen LogP contribution < -0.4 is 11.1 Å². The number of aromatic nitrogens is 4. The summed E-state index contributed by atoms with van der Waals surface area (Å²) in [7, 11) is 0. The number of rotatable bonds is 5. The van der Waals surface area contributed by atoms with Crippen LogP contribution in [0.1, 0.15) is 11.3 Å². The first-order valence-corrected chi connectivity index (χ1v) is 9.65. The van der Waals surface area contributed by atoms with E-state index in [9.17, 15) is 0 Å². The highest BCUT2D eigenvalue weighted by molar-refractivity contribution is 7.99. The summed E-state index contributed by atoms with van der Waals surface area (Å²) < 4.78 is 0. The summed E-state index contributed by atoms with van der Waals surface area (Å²) >= 11 is 1.49.